The number of methoxy groups -OCH3 is 2. The molecule has 3 rings (SSSR count). The van der Waals surface area contributed by atoms with Gasteiger partial charge < -0.3 is 20.1 Å². The first-order chi connectivity index (χ1) is 14.1. The summed E-state index contributed by atoms with van der Waals surface area (Å²) in [4.78, 5) is 14.6. The minimum absolute atomic E-state index is 0.0964. The average molecular weight is 429 g/mol. The van der Waals surface area contributed by atoms with E-state index < -0.39 is 0 Å². The lowest BCUT2D eigenvalue weighted by atomic mass is 10.2. The number of amides is 1. The Hall–Kier alpha value is -2.83. The van der Waals surface area contributed by atoms with Gasteiger partial charge in [0.15, 0.2) is 0 Å². The van der Waals surface area contributed by atoms with Crippen molar-refractivity contribution < 1.29 is 14.3 Å². The van der Waals surface area contributed by atoms with Gasteiger partial charge in [0.25, 0.3) is 0 Å². The van der Waals surface area contributed by atoms with Gasteiger partial charge in [-0.05, 0) is 30.3 Å². The van der Waals surface area contributed by atoms with Gasteiger partial charge in [-0.3, -0.25) is 4.79 Å². The lowest BCUT2D eigenvalue weighted by Gasteiger charge is -2.14. The van der Waals surface area contributed by atoms with Crippen molar-refractivity contribution in [3.63, 3.8) is 0 Å². The highest BCUT2D eigenvalue weighted by Gasteiger charge is 2.13. The smallest absolute Gasteiger partial charge is 0.243 e. The number of halogens is 1. The van der Waals surface area contributed by atoms with Crippen LogP contribution in [-0.4, -0.2) is 26.7 Å². The summed E-state index contributed by atoms with van der Waals surface area (Å²) in [7, 11) is 3.04. The SMILES string of the molecule is COc1cc(OC)c(NC(=O)CNc2ccccc2Sc2ccccc2)cc1Cl. The molecule has 1 amide bonds. The van der Waals surface area contributed by atoms with E-state index in [-0.39, 0.29) is 12.5 Å². The second kappa shape index (κ2) is 10.1. The summed E-state index contributed by atoms with van der Waals surface area (Å²) in [6.45, 7) is 0.0964. The lowest BCUT2D eigenvalue weighted by molar-refractivity contribution is -0.114. The van der Waals surface area contributed by atoms with Crippen LogP contribution < -0.4 is 20.1 Å². The normalized spacial score (nSPS) is 10.3. The molecule has 0 spiro atoms. The fourth-order valence-electron chi connectivity index (χ4n) is 2.64. The molecule has 0 saturated carbocycles. The standard InChI is InChI=1S/C22H21ClN2O3S/c1-27-19-13-20(28-2)18(12-16(19)23)25-22(26)14-24-17-10-6-7-11-21(17)29-15-8-4-3-5-9-15/h3-13,24H,14H2,1-2H3,(H,25,26). The number of hydrogen-bond donors (Lipinski definition) is 2. The van der Waals surface area contributed by atoms with Gasteiger partial charge in [-0.2, -0.15) is 0 Å². The molecule has 150 valence electrons. The van der Waals surface area contributed by atoms with Crippen molar-refractivity contribution in [2.75, 3.05) is 31.4 Å². The van der Waals surface area contributed by atoms with Crippen LogP contribution in [0.25, 0.3) is 0 Å². The van der Waals surface area contributed by atoms with Crippen molar-refractivity contribution in [2.45, 2.75) is 9.79 Å². The zero-order chi connectivity index (χ0) is 20.6. The number of rotatable bonds is 8. The van der Waals surface area contributed by atoms with Crippen LogP contribution >= 0.6 is 23.4 Å². The van der Waals surface area contributed by atoms with E-state index >= 15 is 0 Å². The van der Waals surface area contributed by atoms with Gasteiger partial charge in [-0.25, -0.2) is 0 Å². The Kier molecular flexibility index (Phi) is 7.27. The highest BCUT2D eigenvalue weighted by molar-refractivity contribution is 7.99. The molecule has 0 aromatic heterocycles. The third kappa shape index (κ3) is 5.59. The second-order valence-electron chi connectivity index (χ2n) is 6.00. The minimum atomic E-state index is -0.218. The molecule has 0 aliphatic carbocycles. The third-order valence-electron chi connectivity index (χ3n) is 4.05. The summed E-state index contributed by atoms with van der Waals surface area (Å²) in [6, 6.07) is 21.2. The number of para-hydroxylation sites is 1. The number of hydrogen-bond acceptors (Lipinski definition) is 5. The Morgan fingerprint density at radius 3 is 2.34 bits per heavy atom. The Labute approximate surface area is 179 Å². The zero-order valence-electron chi connectivity index (χ0n) is 16.1. The molecule has 3 aromatic carbocycles. The molecule has 0 radical (unpaired) electrons. The monoisotopic (exact) mass is 428 g/mol. The molecular formula is C22H21ClN2O3S. The molecule has 0 unspecified atom stereocenters. The van der Waals surface area contributed by atoms with Gasteiger partial charge in [-0.1, -0.05) is 53.7 Å². The average Bonchev–Trinajstić information content (AvgIpc) is 2.74. The number of nitrogens with one attached hydrogen (secondary N) is 2. The van der Waals surface area contributed by atoms with Crippen LogP contribution in [0.4, 0.5) is 11.4 Å². The van der Waals surface area contributed by atoms with Crippen molar-refractivity contribution >= 4 is 40.6 Å². The maximum atomic E-state index is 12.5. The van der Waals surface area contributed by atoms with Crippen molar-refractivity contribution in [3.05, 3.63) is 71.8 Å². The topological polar surface area (TPSA) is 59.6 Å². The van der Waals surface area contributed by atoms with Gasteiger partial charge in [-0.15, -0.1) is 0 Å². The number of benzene rings is 3. The van der Waals surface area contributed by atoms with E-state index in [0.29, 0.717) is 22.2 Å². The van der Waals surface area contributed by atoms with Gasteiger partial charge in [0.2, 0.25) is 5.91 Å². The van der Waals surface area contributed by atoms with Crippen LogP contribution in [-0.2, 0) is 4.79 Å². The molecule has 0 saturated heterocycles. The summed E-state index contributed by atoms with van der Waals surface area (Å²) in [6.07, 6.45) is 0. The third-order valence-corrected chi connectivity index (χ3v) is 5.42. The summed E-state index contributed by atoms with van der Waals surface area (Å²) in [5, 5.41) is 6.41. The summed E-state index contributed by atoms with van der Waals surface area (Å²) >= 11 is 7.80. The van der Waals surface area contributed by atoms with E-state index in [2.05, 4.69) is 10.6 Å². The molecule has 0 aliphatic rings. The first-order valence-corrected chi connectivity index (χ1v) is 10.1. The molecule has 2 N–H and O–H groups in total. The fourth-order valence-corrected chi connectivity index (χ4v) is 3.83. The van der Waals surface area contributed by atoms with Crippen LogP contribution in [0.5, 0.6) is 11.5 Å². The van der Waals surface area contributed by atoms with Gasteiger partial charge >= 0.3 is 0 Å². The summed E-state index contributed by atoms with van der Waals surface area (Å²) in [5.41, 5.74) is 1.37. The van der Waals surface area contributed by atoms with Crippen molar-refractivity contribution in [2.24, 2.45) is 0 Å². The lowest BCUT2D eigenvalue weighted by Crippen LogP contribution is -2.22. The molecule has 3 aromatic rings. The second-order valence-corrected chi connectivity index (χ2v) is 7.52. The zero-order valence-corrected chi connectivity index (χ0v) is 17.6. The summed E-state index contributed by atoms with van der Waals surface area (Å²) < 4.78 is 10.5. The summed E-state index contributed by atoms with van der Waals surface area (Å²) in [5.74, 6) is 0.732. The fraction of sp³-hybridized carbons (Fsp3) is 0.136. The number of ether oxygens (including phenoxy) is 2. The molecule has 7 heteroatoms. The quantitative estimate of drug-likeness (QED) is 0.492. The van der Waals surface area contributed by atoms with Crippen LogP contribution in [0.15, 0.2) is 76.5 Å². The molecule has 0 fully saturated rings. The number of carbonyl (C=O) groups is 1. The molecule has 0 heterocycles. The first kappa shape index (κ1) is 20.9. The Morgan fingerprint density at radius 2 is 1.62 bits per heavy atom. The molecule has 0 aliphatic heterocycles. The van der Waals surface area contributed by atoms with E-state index in [4.69, 9.17) is 21.1 Å². The van der Waals surface area contributed by atoms with Crippen LogP contribution in [0.1, 0.15) is 0 Å². The highest BCUT2D eigenvalue weighted by atomic mass is 35.5. The Morgan fingerprint density at radius 1 is 0.931 bits per heavy atom. The van der Waals surface area contributed by atoms with Crippen LogP contribution in [0.3, 0.4) is 0 Å². The Balaban J connectivity index is 1.67. The minimum Gasteiger partial charge on any atom is -0.495 e. The maximum absolute atomic E-state index is 12.5. The van der Waals surface area contributed by atoms with E-state index in [1.54, 1.807) is 23.9 Å². The van der Waals surface area contributed by atoms with Crippen molar-refractivity contribution in [1.82, 2.24) is 0 Å². The molecule has 0 bridgehead atoms. The highest BCUT2D eigenvalue weighted by Crippen LogP contribution is 2.36. The van der Waals surface area contributed by atoms with E-state index in [0.717, 1.165) is 15.5 Å². The van der Waals surface area contributed by atoms with E-state index in [1.807, 2.05) is 54.6 Å². The first-order valence-electron chi connectivity index (χ1n) is 8.88. The molecular weight excluding hydrogens is 408 g/mol. The van der Waals surface area contributed by atoms with E-state index in [9.17, 15) is 4.79 Å². The van der Waals surface area contributed by atoms with Gasteiger partial charge in [0.05, 0.1) is 31.5 Å². The molecule has 29 heavy (non-hydrogen) atoms. The molecule has 0 atom stereocenters. The largest absolute Gasteiger partial charge is 0.495 e. The van der Waals surface area contributed by atoms with Crippen molar-refractivity contribution in [1.29, 1.82) is 0 Å². The van der Waals surface area contributed by atoms with Crippen LogP contribution in [0, 0.1) is 0 Å². The molecule has 5 nitrogen and oxygen atoms in total. The predicted octanol–water partition coefficient (Wildman–Crippen LogP) is 5.56. The van der Waals surface area contributed by atoms with Gasteiger partial charge in [0, 0.05) is 21.5 Å². The number of carbonyl (C=O) groups excluding carboxylic acids is 1. The number of anilines is 2. The van der Waals surface area contributed by atoms with Crippen LogP contribution in [0.2, 0.25) is 5.02 Å². The van der Waals surface area contributed by atoms with Crippen molar-refractivity contribution in [3.8, 4) is 11.5 Å². The maximum Gasteiger partial charge on any atom is 0.243 e. The predicted molar refractivity (Wildman–Crippen MR) is 119 cm³/mol. The van der Waals surface area contributed by atoms with Gasteiger partial charge in [0.1, 0.15) is 11.5 Å². The Bertz CT molecular complexity index is 983. The van der Waals surface area contributed by atoms with E-state index in [1.165, 1.54) is 14.2 Å².